The van der Waals surface area contributed by atoms with Gasteiger partial charge in [0.05, 0.1) is 12.2 Å². The van der Waals surface area contributed by atoms with Gasteiger partial charge in [0.2, 0.25) is 0 Å². The second-order valence-corrected chi connectivity index (χ2v) is 8.50. The van der Waals surface area contributed by atoms with Crippen LogP contribution in [0.5, 0.6) is 0 Å². The zero-order chi connectivity index (χ0) is 18.8. The lowest BCUT2D eigenvalue weighted by atomic mass is 9.74. The Morgan fingerprint density at radius 2 is 1.62 bits per heavy atom. The fourth-order valence-electron chi connectivity index (χ4n) is 4.21. The van der Waals surface area contributed by atoms with E-state index >= 15 is 0 Å². The molecule has 2 aromatic carbocycles. The Bertz CT molecular complexity index is 734. The average molecular weight is 371 g/mol. The van der Waals surface area contributed by atoms with Crippen molar-refractivity contribution in [2.45, 2.75) is 59.7 Å². The SMILES string of the molecule is CC[C@H]1O[C@@H](c2ccc(Cl)c(Cc3ccc(C)cc3)c2)[C@H](C)[C@@H](C)[C@@H]1C. The normalized spacial score (nSPS) is 28.9. The minimum absolute atomic E-state index is 0.153. The molecule has 0 aromatic heterocycles. The van der Waals surface area contributed by atoms with E-state index in [4.69, 9.17) is 16.3 Å². The smallest absolute Gasteiger partial charge is 0.0857 e. The summed E-state index contributed by atoms with van der Waals surface area (Å²) in [6, 6.07) is 15.2. The third-order valence-corrected chi connectivity index (χ3v) is 6.73. The van der Waals surface area contributed by atoms with E-state index in [1.165, 1.54) is 22.3 Å². The van der Waals surface area contributed by atoms with Crippen LogP contribution in [0.25, 0.3) is 0 Å². The van der Waals surface area contributed by atoms with E-state index in [0.29, 0.717) is 23.9 Å². The van der Waals surface area contributed by atoms with Crippen LogP contribution in [0.3, 0.4) is 0 Å². The molecule has 0 saturated carbocycles. The van der Waals surface area contributed by atoms with Gasteiger partial charge in [0.25, 0.3) is 0 Å². The van der Waals surface area contributed by atoms with Crippen LogP contribution >= 0.6 is 11.6 Å². The molecule has 5 atom stereocenters. The Balaban J connectivity index is 1.87. The highest BCUT2D eigenvalue weighted by Gasteiger charge is 2.38. The van der Waals surface area contributed by atoms with Crippen molar-refractivity contribution in [3.8, 4) is 0 Å². The number of halogens is 1. The van der Waals surface area contributed by atoms with Crippen molar-refractivity contribution >= 4 is 11.6 Å². The molecular weight excluding hydrogens is 340 g/mol. The van der Waals surface area contributed by atoms with Gasteiger partial charge < -0.3 is 4.74 Å². The van der Waals surface area contributed by atoms with E-state index in [2.05, 4.69) is 71.0 Å². The molecule has 1 fully saturated rings. The predicted octanol–water partition coefficient (Wildman–Crippen LogP) is 7.00. The maximum absolute atomic E-state index is 6.53. The maximum Gasteiger partial charge on any atom is 0.0857 e. The van der Waals surface area contributed by atoms with E-state index in [1.807, 2.05) is 6.07 Å². The van der Waals surface area contributed by atoms with Gasteiger partial charge in [-0.2, -0.15) is 0 Å². The fraction of sp³-hybridized carbons (Fsp3) is 0.500. The number of ether oxygens (including phenoxy) is 1. The van der Waals surface area contributed by atoms with Crippen LogP contribution in [0.2, 0.25) is 5.02 Å². The lowest BCUT2D eigenvalue weighted by Crippen LogP contribution is -2.40. The molecule has 1 saturated heterocycles. The molecule has 0 N–H and O–H groups in total. The van der Waals surface area contributed by atoms with Gasteiger partial charge in [0, 0.05) is 5.02 Å². The van der Waals surface area contributed by atoms with Crippen LogP contribution in [0, 0.1) is 24.7 Å². The van der Waals surface area contributed by atoms with E-state index in [0.717, 1.165) is 17.9 Å². The first-order valence-electron chi connectivity index (χ1n) is 9.90. The Morgan fingerprint density at radius 3 is 2.27 bits per heavy atom. The Labute approximate surface area is 163 Å². The molecule has 0 aliphatic carbocycles. The predicted molar refractivity (Wildman–Crippen MR) is 111 cm³/mol. The van der Waals surface area contributed by atoms with Gasteiger partial charge in [-0.1, -0.05) is 81.3 Å². The van der Waals surface area contributed by atoms with Gasteiger partial charge in [-0.15, -0.1) is 0 Å². The highest BCUT2D eigenvalue weighted by atomic mass is 35.5. The zero-order valence-corrected chi connectivity index (χ0v) is 17.4. The van der Waals surface area contributed by atoms with Crippen LogP contribution < -0.4 is 0 Å². The van der Waals surface area contributed by atoms with Gasteiger partial charge in [0.1, 0.15) is 0 Å². The molecule has 2 aromatic rings. The van der Waals surface area contributed by atoms with Crippen molar-refractivity contribution in [2.75, 3.05) is 0 Å². The lowest BCUT2D eigenvalue weighted by molar-refractivity contribution is -0.136. The molecule has 0 unspecified atom stereocenters. The number of benzene rings is 2. The van der Waals surface area contributed by atoms with E-state index in [1.54, 1.807) is 0 Å². The lowest BCUT2D eigenvalue weighted by Gasteiger charge is -2.44. The quantitative estimate of drug-likeness (QED) is 0.563. The van der Waals surface area contributed by atoms with Crippen LogP contribution in [-0.2, 0) is 11.2 Å². The molecule has 3 rings (SSSR count). The summed E-state index contributed by atoms with van der Waals surface area (Å²) in [5, 5.41) is 0.839. The van der Waals surface area contributed by atoms with Crippen molar-refractivity contribution in [3.05, 3.63) is 69.7 Å². The maximum atomic E-state index is 6.53. The summed E-state index contributed by atoms with van der Waals surface area (Å²) in [6.45, 7) is 11.4. The summed E-state index contributed by atoms with van der Waals surface area (Å²) in [4.78, 5) is 0. The first-order valence-corrected chi connectivity index (χ1v) is 10.3. The molecule has 1 aliphatic rings. The summed E-state index contributed by atoms with van der Waals surface area (Å²) >= 11 is 6.52. The van der Waals surface area contributed by atoms with Crippen LogP contribution in [0.1, 0.15) is 62.5 Å². The molecule has 140 valence electrons. The highest BCUT2D eigenvalue weighted by Crippen LogP contribution is 2.44. The summed E-state index contributed by atoms with van der Waals surface area (Å²) in [7, 11) is 0. The number of hydrogen-bond donors (Lipinski definition) is 0. The second kappa shape index (κ2) is 8.15. The standard InChI is InChI=1S/C24H31ClO/c1-6-23-17(4)16(3)18(5)24(26-23)20-11-12-22(25)21(14-20)13-19-9-7-15(2)8-10-19/h7-12,14,16-18,23-24H,6,13H2,1-5H3/t16-,17-,18+,23+,24+/m0/s1. The van der Waals surface area contributed by atoms with E-state index < -0.39 is 0 Å². The first-order chi connectivity index (χ1) is 12.4. The fourth-order valence-corrected chi connectivity index (χ4v) is 4.40. The van der Waals surface area contributed by atoms with Crippen molar-refractivity contribution < 1.29 is 4.74 Å². The Hall–Kier alpha value is -1.31. The monoisotopic (exact) mass is 370 g/mol. The zero-order valence-electron chi connectivity index (χ0n) is 16.6. The summed E-state index contributed by atoms with van der Waals surface area (Å²) in [6.07, 6.45) is 2.41. The molecule has 2 heteroatoms. The number of hydrogen-bond acceptors (Lipinski definition) is 1. The van der Waals surface area contributed by atoms with Crippen molar-refractivity contribution in [3.63, 3.8) is 0 Å². The van der Waals surface area contributed by atoms with Crippen molar-refractivity contribution in [1.29, 1.82) is 0 Å². The molecule has 0 amide bonds. The molecule has 1 heterocycles. The number of aryl methyl sites for hydroxylation is 1. The molecule has 1 aliphatic heterocycles. The molecule has 0 spiro atoms. The number of rotatable bonds is 4. The summed E-state index contributed by atoms with van der Waals surface area (Å²) in [5.74, 6) is 1.75. The van der Waals surface area contributed by atoms with Crippen molar-refractivity contribution in [2.24, 2.45) is 17.8 Å². The highest BCUT2D eigenvalue weighted by molar-refractivity contribution is 6.31. The van der Waals surface area contributed by atoms with Crippen LogP contribution in [-0.4, -0.2) is 6.10 Å². The van der Waals surface area contributed by atoms with Gasteiger partial charge in [0.15, 0.2) is 0 Å². The summed E-state index contributed by atoms with van der Waals surface area (Å²) in [5.41, 5.74) is 5.02. The topological polar surface area (TPSA) is 9.23 Å². The molecule has 26 heavy (non-hydrogen) atoms. The average Bonchev–Trinajstić information content (AvgIpc) is 2.64. The largest absolute Gasteiger partial charge is 0.370 e. The van der Waals surface area contributed by atoms with E-state index in [9.17, 15) is 0 Å². The first kappa shape index (κ1) is 19.5. The van der Waals surface area contributed by atoms with Crippen molar-refractivity contribution in [1.82, 2.24) is 0 Å². The summed E-state index contributed by atoms with van der Waals surface area (Å²) < 4.78 is 6.53. The minimum Gasteiger partial charge on any atom is -0.370 e. The Kier molecular flexibility index (Phi) is 6.10. The third kappa shape index (κ3) is 4.00. The van der Waals surface area contributed by atoms with Gasteiger partial charge >= 0.3 is 0 Å². The van der Waals surface area contributed by atoms with E-state index in [-0.39, 0.29) is 6.10 Å². The molecule has 1 nitrogen and oxygen atoms in total. The van der Waals surface area contributed by atoms with Crippen LogP contribution in [0.15, 0.2) is 42.5 Å². The molecule has 0 radical (unpaired) electrons. The third-order valence-electron chi connectivity index (χ3n) is 6.36. The van der Waals surface area contributed by atoms with Gasteiger partial charge in [-0.05, 0) is 60.3 Å². The van der Waals surface area contributed by atoms with Gasteiger partial charge in [-0.25, -0.2) is 0 Å². The van der Waals surface area contributed by atoms with Gasteiger partial charge in [-0.3, -0.25) is 0 Å². The molecular formula is C24H31ClO. The minimum atomic E-state index is 0.153. The molecule has 0 bridgehead atoms. The second-order valence-electron chi connectivity index (χ2n) is 8.09. The Morgan fingerprint density at radius 1 is 0.923 bits per heavy atom. The van der Waals surface area contributed by atoms with Crippen LogP contribution in [0.4, 0.5) is 0 Å².